The zero-order chi connectivity index (χ0) is 12.6. The number of likely N-dealkylation sites (tertiary alicyclic amines) is 1. The third-order valence-electron chi connectivity index (χ3n) is 2.69. The van der Waals surface area contributed by atoms with Gasteiger partial charge < -0.3 is 19.7 Å². The second-order valence-electron chi connectivity index (χ2n) is 5.41. The van der Waals surface area contributed by atoms with E-state index in [1.807, 2.05) is 20.8 Å². The summed E-state index contributed by atoms with van der Waals surface area (Å²) < 4.78 is 10.6. The summed E-state index contributed by atoms with van der Waals surface area (Å²) in [6, 6.07) is -0.108. The molecule has 0 radical (unpaired) electrons. The highest BCUT2D eigenvalue weighted by molar-refractivity contribution is 5.78. The van der Waals surface area contributed by atoms with Gasteiger partial charge in [0.1, 0.15) is 12.2 Å². The largest absolute Gasteiger partial charge is 0.444 e. The summed E-state index contributed by atoms with van der Waals surface area (Å²) in [6.45, 7) is 6.47. The molecule has 0 aromatic heterocycles. The maximum Gasteiger partial charge on any atom is 0.410 e. The quantitative estimate of drug-likeness (QED) is 0.655. The van der Waals surface area contributed by atoms with Gasteiger partial charge >= 0.3 is 6.09 Å². The van der Waals surface area contributed by atoms with Gasteiger partial charge in [0.25, 0.3) is 0 Å². The fourth-order valence-corrected chi connectivity index (χ4v) is 1.99. The Morgan fingerprint density at radius 3 is 2.82 bits per heavy atom. The summed E-state index contributed by atoms with van der Waals surface area (Å²) in [4.78, 5) is 24.5. The van der Waals surface area contributed by atoms with E-state index in [2.05, 4.69) is 5.32 Å². The van der Waals surface area contributed by atoms with Crippen molar-refractivity contribution in [2.24, 2.45) is 0 Å². The van der Waals surface area contributed by atoms with E-state index in [0.29, 0.717) is 13.1 Å². The van der Waals surface area contributed by atoms with E-state index < -0.39 is 5.60 Å². The first-order valence-corrected chi connectivity index (χ1v) is 5.74. The number of nitrogens with zero attached hydrogens (tertiary/aromatic N) is 1. The average Bonchev–Trinajstić information content (AvgIpc) is 2.57. The molecule has 2 heterocycles. The number of morpholine rings is 1. The van der Waals surface area contributed by atoms with Crippen LogP contribution in [0.5, 0.6) is 0 Å². The third-order valence-corrected chi connectivity index (χ3v) is 2.69. The maximum absolute atomic E-state index is 11.8. The van der Waals surface area contributed by atoms with Crippen molar-refractivity contribution in [3.05, 3.63) is 0 Å². The molecule has 6 nitrogen and oxygen atoms in total. The lowest BCUT2D eigenvalue weighted by molar-refractivity contribution is -0.134. The minimum Gasteiger partial charge on any atom is -0.444 e. The van der Waals surface area contributed by atoms with E-state index in [9.17, 15) is 9.59 Å². The van der Waals surface area contributed by atoms with Gasteiger partial charge in [-0.1, -0.05) is 0 Å². The number of rotatable bonds is 0. The minimum absolute atomic E-state index is 0.0727. The number of hydrogen-bond donors (Lipinski definition) is 1. The van der Waals surface area contributed by atoms with Crippen LogP contribution in [0.1, 0.15) is 20.8 Å². The van der Waals surface area contributed by atoms with Crippen molar-refractivity contribution in [1.29, 1.82) is 0 Å². The highest BCUT2D eigenvalue weighted by atomic mass is 16.6. The SMILES string of the molecule is CC(C)(C)OC(=O)N1CC2NC(=O)COC2C1. The second kappa shape index (κ2) is 4.18. The third kappa shape index (κ3) is 2.88. The first-order chi connectivity index (χ1) is 7.85. The van der Waals surface area contributed by atoms with Crippen molar-refractivity contribution >= 4 is 12.0 Å². The lowest BCUT2D eigenvalue weighted by Gasteiger charge is -2.24. The highest BCUT2D eigenvalue weighted by Crippen LogP contribution is 2.19. The number of ether oxygens (including phenoxy) is 2. The van der Waals surface area contributed by atoms with E-state index in [1.54, 1.807) is 4.90 Å². The predicted octanol–water partition coefficient (Wildman–Crippen LogP) is 0.121. The second-order valence-corrected chi connectivity index (χ2v) is 5.41. The van der Waals surface area contributed by atoms with Gasteiger partial charge in [0.2, 0.25) is 5.91 Å². The molecule has 2 rings (SSSR count). The summed E-state index contributed by atoms with van der Waals surface area (Å²) in [6.07, 6.45) is -0.468. The average molecular weight is 242 g/mol. The monoisotopic (exact) mass is 242 g/mol. The molecule has 0 aromatic carbocycles. The fraction of sp³-hybridized carbons (Fsp3) is 0.818. The molecular weight excluding hydrogens is 224 g/mol. The molecule has 0 aromatic rings. The van der Waals surface area contributed by atoms with Gasteiger partial charge in [-0.3, -0.25) is 4.79 Å². The van der Waals surface area contributed by atoms with E-state index in [-0.39, 0.29) is 30.8 Å². The Kier molecular flexibility index (Phi) is 2.99. The molecule has 2 atom stereocenters. The van der Waals surface area contributed by atoms with Crippen LogP contribution in [0, 0.1) is 0 Å². The molecule has 1 N–H and O–H groups in total. The molecule has 17 heavy (non-hydrogen) atoms. The Bertz CT molecular complexity index is 337. The van der Waals surface area contributed by atoms with Crippen LogP contribution >= 0.6 is 0 Å². The number of carbonyl (C=O) groups excluding carboxylic acids is 2. The van der Waals surface area contributed by atoms with Gasteiger partial charge in [-0.15, -0.1) is 0 Å². The first-order valence-electron chi connectivity index (χ1n) is 5.74. The van der Waals surface area contributed by atoms with Gasteiger partial charge in [0, 0.05) is 6.54 Å². The van der Waals surface area contributed by atoms with Crippen molar-refractivity contribution < 1.29 is 19.1 Å². The van der Waals surface area contributed by atoms with Crippen LogP contribution in [-0.2, 0) is 14.3 Å². The smallest absolute Gasteiger partial charge is 0.410 e. The van der Waals surface area contributed by atoms with Crippen LogP contribution < -0.4 is 5.32 Å². The van der Waals surface area contributed by atoms with Crippen LogP contribution in [0.3, 0.4) is 0 Å². The predicted molar refractivity (Wildman–Crippen MR) is 59.5 cm³/mol. The van der Waals surface area contributed by atoms with E-state index in [4.69, 9.17) is 9.47 Å². The van der Waals surface area contributed by atoms with Crippen LogP contribution in [0.4, 0.5) is 4.79 Å². The molecule has 6 heteroatoms. The minimum atomic E-state index is -0.505. The highest BCUT2D eigenvalue weighted by Gasteiger charge is 2.41. The zero-order valence-corrected chi connectivity index (χ0v) is 10.4. The molecule has 0 spiro atoms. The molecule has 2 unspecified atom stereocenters. The van der Waals surface area contributed by atoms with Gasteiger partial charge in [0.05, 0.1) is 18.7 Å². The van der Waals surface area contributed by atoms with E-state index in [0.717, 1.165) is 0 Å². The first kappa shape index (κ1) is 12.2. The Morgan fingerprint density at radius 1 is 1.47 bits per heavy atom. The summed E-state index contributed by atoms with van der Waals surface area (Å²) in [5, 5.41) is 2.81. The van der Waals surface area contributed by atoms with Gasteiger partial charge in [-0.25, -0.2) is 4.79 Å². The Balaban J connectivity index is 1.93. The van der Waals surface area contributed by atoms with E-state index in [1.165, 1.54) is 0 Å². The molecule has 2 aliphatic heterocycles. The Morgan fingerprint density at radius 2 is 2.18 bits per heavy atom. The number of fused-ring (bicyclic) bond motifs is 1. The Labute approximate surface area is 100 Å². The van der Waals surface area contributed by atoms with E-state index >= 15 is 0 Å². The number of hydrogen-bond acceptors (Lipinski definition) is 4. The summed E-state index contributed by atoms with van der Waals surface area (Å²) in [5.41, 5.74) is -0.505. The molecule has 0 saturated carbocycles. The van der Waals surface area contributed by atoms with Crippen LogP contribution in [0.25, 0.3) is 0 Å². The normalized spacial score (nSPS) is 28.6. The zero-order valence-electron chi connectivity index (χ0n) is 10.4. The van der Waals surface area contributed by atoms with Gasteiger partial charge in [0.15, 0.2) is 0 Å². The molecular formula is C11H18N2O4. The summed E-state index contributed by atoms with van der Waals surface area (Å²) in [5.74, 6) is -0.128. The number of amides is 2. The van der Waals surface area contributed by atoms with Crippen molar-refractivity contribution in [3.63, 3.8) is 0 Å². The van der Waals surface area contributed by atoms with Crippen LogP contribution in [-0.4, -0.2) is 54.3 Å². The van der Waals surface area contributed by atoms with Crippen molar-refractivity contribution in [2.45, 2.75) is 38.5 Å². The van der Waals surface area contributed by atoms with Crippen LogP contribution in [0.2, 0.25) is 0 Å². The lowest BCUT2D eigenvalue weighted by Crippen LogP contribution is -2.50. The standard InChI is InChI=1S/C11H18N2O4/c1-11(2,3)17-10(15)13-4-7-8(5-13)16-6-9(14)12-7/h7-8H,4-6H2,1-3H3,(H,12,14). The topological polar surface area (TPSA) is 67.9 Å². The van der Waals surface area contributed by atoms with Crippen molar-refractivity contribution in [2.75, 3.05) is 19.7 Å². The van der Waals surface area contributed by atoms with Crippen molar-refractivity contribution in [3.8, 4) is 0 Å². The lowest BCUT2D eigenvalue weighted by atomic mass is 10.2. The number of nitrogens with one attached hydrogen (secondary N) is 1. The van der Waals surface area contributed by atoms with Gasteiger partial charge in [-0.2, -0.15) is 0 Å². The molecule has 2 amide bonds. The molecule has 96 valence electrons. The summed E-state index contributed by atoms with van der Waals surface area (Å²) in [7, 11) is 0. The maximum atomic E-state index is 11.8. The molecule has 0 aliphatic carbocycles. The summed E-state index contributed by atoms with van der Waals surface area (Å²) >= 11 is 0. The van der Waals surface area contributed by atoms with Gasteiger partial charge in [-0.05, 0) is 20.8 Å². The molecule has 0 bridgehead atoms. The Hall–Kier alpha value is -1.30. The van der Waals surface area contributed by atoms with Crippen molar-refractivity contribution in [1.82, 2.24) is 10.2 Å². The number of carbonyl (C=O) groups is 2. The molecule has 2 aliphatic rings. The molecule has 2 saturated heterocycles. The molecule has 2 fully saturated rings. The fourth-order valence-electron chi connectivity index (χ4n) is 1.99. The van der Waals surface area contributed by atoms with Crippen LogP contribution in [0.15, 0.2) is 0 Å².